The van der Waals surface area contributed by atoms with Gasteiger partial charge in [0.15, 0.2) is 0 Å². The van der Waals surface area contributed by atoms with Gasteiger partial charge >= 0.3 is 0 Å². The Labute approximate surface area is 123 Å². The van der Waals surface area contributed by atoms with Crippen molar-refractivity contribution in [2.24, 2.45) is 11.7 Å². The number of halogens is 1. The maximum absolute atomic E-state index is 12.4. The van der Waals surface area contributed by atoms with E-state index in [0.29, 0.717) is 12.3 Å². The smallest absolute Gasteiger partial charge is 0.227 e. The second kappa shape index (κ2) is 6.53. The summed E-state index contributed by atoms with van der Waals surface area (Å²) in [6, 6.07) is 8.07. The van der Waals surface area contributed by atoms with Gasteiger partial charge in [0.1, 0.15) is 0 Å². The van der Waals surface area contributed by atoms with Crippen LogP contribution >= 0.6 is 15.9 Å². The number of carbonyl (C=O) groups is 1. The van der Waals surface area contributed by atoms with E-state index in [1.807, 2.05) is 36.1 Å². The molecule has 1 amide bonds. The molecule has 0 spiro atoms. The second-order valence-corrected chi connectivity index (χ2v) is 6.22. The van der Waals surface area contributed by atoms with Gasteiger partial charge in [0.2, 0.25) is 5.91 Å². The summed E-state index contributed by atoms with van der Waals surface area (Å²) in [4.78, 5) is 14.3. The van der Waals surface area contributed by atoms with Gasteiger partial charge in [-0.05, 0) is 37.3 Å². The first-order chi connectivity index (χ1) is 9.08. The highest BCUT2D eigenvalue weighted by Gasteiger charge is 2.25. The Morgan fingerprint density at radius 3 is 2.95 bits per heavy atom. The van der Waals surface area contributed by atoms with Crippen LogP contribution in [0, 0.1) is 5.92 Å². The summed E-state index contributed by atoms with van der Waals surface area (Å²) in [5, 5.41) is 0. The highest BCUT2D eigenvalue weighted by atomic mass is 79.9. The van der Waals surface area contributed by atoms with Gasteiger partial charge in [-0.3, -0.25) is 4.79 Å². The van der Waals surface area contributed by atoms with E-state index in [2.05, 4.69) is 15.9 Å². The fourth-order valence-electron chi connectivity index (χ4n) is 2.58. The van der Waals surface area contributed by atoms with Crippen LogP contribution < -0.4 is 5.73 Å². The third kappa shape index (κ3) is 3.80. The number of amides is 1. The van der Waals surface area contributed by atoms with Crippen LogP contribution in [0.3, 0.4) is 0 Å². The number of carbonyl (C=O) groups excluding carboxylic acids is 1. The average molecular weight is 325 g/mol. The van der Waals surface area contributed by atoms with E-state index in [1.54, 1.807) is 0 Å². The van der Waals surface area contributed by atoms with E-state index in [9.17, 15) is 4.79 Å². The SMILES string of the molecule is C[C@@H](N)[C@@H]1CCCN(C(=O)Cc2ccccc2Br)C1. The Kier molecular flexibility index (Phi) is 4.99. The normalized spacial score (nSPS) is 21.2. The molecule has 1 saturated heterocycles. The number of nitrogens with two attached hydrogens (primary N) is 1. The van der Waals surface area contributed by atoms with Crippen molar-refractivity contribution in [3.8, 4) is 0 Å². The summed E-state index contributed by atoms with van der Waals surface area (Å²) in [5.41, 5.74) is 7.01. The minimum Gasteiger partial charge on any atom is -0.342 e. The Hall–Kier alpha value is -0.870. The Balaban J connectivity index is 1.98. The fraction of sp³-hybridized carbons (Fsp3) is 0.533. The van der Waals surface area contributed by atoms with Crippen molar-refractivity contribution in [3.05, 3.63) is 34.3 Å². The Morgan fingerprint density at radius 2 is 2.26 bits per heavy atom. The van der Waals surface area contributed by atoms with Gasteiger partial charge in [-0.15, -0.1) is 0 Å². The van der Waals surface area contributed by atoms with Crippen molar-refractivity contribution >= 4 is 21.8 Å². The zero-order valence-corrected chi connectivity index (χ0v) is 12.9. The van der Waals surface area contributed by atoms with Gasteiger partial charge in [-0.1, -0.05) is 34.1 Å². The minimum absolute atomic E-state index is 0.166. The summed E-state index contributed by atoms with van der Waals surface area (Å²) in [5.74, 6) is 0.647. The zero-order valence-electron chi connectivity index (χ0n) is 11.3. The highest BCUT2D eigenvalue weighted by molar-refractivity contribution is 9.10. The van der Waals surface area contributed by atoms with Crippen LogP contribution in [0.4, 0.5) is 0 Å². The van der Waals surface area contributed by atoms with Crippen LogP contribution in [0.15, 0.2) is 28.7 Å². The largest absolute Gasteiger partial charge is 0.342 e. The van der Waals surface area contributed by atoms with E-state index < -0.39 is 0 Å². The zero-order chi connectivity index (χ0) is 13.8. The molecule has 0 unspecified atom stereocenters. The predicted octanol–water partition coefficient (Wildman–Crippen LogP) is 2.58. The second-order valence-electron chi connectivity index (χ2n) is 5.37. The highest BCUT2D eigenvalue weighted by Crippen LogP contribution is 2.21. The summed E-state index contributed by atoms with van der Waals surface area (Å²) < 4.78 is 1.00. The number of rotatable bonds is 3. The molecular formula is C15H21BrN2O. The number of piperidine rings is 1. The predicted molar refractivity (Wildman–Crippen MR) is 80.8 cm³/mol. The molecule has 0 aromatic heterocycles. The van der Waals surface area contributed by atoms with E-state index in [1.165, 1.54) is 0 Å². The van der Waals surface area contributed by atoms with Gasteiger partial charge in [-0.25, -0.2) is 0 Å². The van der Waals surface area contributed by atoms with Crippen LogP contribution in [0.2, 0.25) is 0 Å². The fourth-order valence-corrected chi connectivity index (χ4v) is 3.01. The standard InChI is InChI=1S/C15H21BrN2O/c1-11(17)13-6-4-8-18(10-13)15(19)9-12-5-2-3-7-14(12)16/h2-3,5,7,11,13H,4,6,8-10,17H2,1H3/t11-,13-/m1/s1. The maximum atomic E-state index is 12.4. The van der Waals surface area contributed by atoms with E-state index >= 15 is 0 Å². The number of likely N-dealkylation sites (tertiary alicyclic amines) is 1. The quantitative estimate of drug-likeness (QED) is 0.928. The van der Waals surface area contributed by atoms with Crippen LogP contribution in [-0.2, 0) is 11.2 Å². The molecule has 19 heavy (non-hydrogen) atoms. The van der Waals surface area contributed by atoms with Crippen LogP contribution in [-0.4, -0.2) is 29.9 Å². The third-order valence-electron chi connectivity index (χ3n) is 3.85. The van der Waals surface area contributed by atoms with Crippen molar-refractivity contribution in [2.45, 2.75) is 32.2 Å². The minimum atomic E-state index is 0.166. The lowest BCUT2D eigenvalue weighted by Gasteiger charge is -2.34. The number of hydrogen-bond donors (Lipinski definition) is 1. The van der Waals surface area contributed by atoms with Gasteiger partial charge < -0.3 is 10.6 Å². The van der Waals surface area contributed by atoms with Crippen molar-refractivity contribution in [3.63, 3.8) is 0 Å². The van der Waals surface area contributed by atoms with Crippen molar-refractivity contribution in [1.82, 2.24) is 4.90 Å². The van der Waals surface area contributed by atoms with Gasteiger partial charge in [0.25, 0.3) is 0 Å². The summed E-state index contributed by atoms with van der Waals surface area (Å²) >= 11 is 3.49. The van der Waals surface area contributed by atoms with Crippen LogP contribution in [0.25, 0.3) is 0 Å². The first kappa shape index (κ1) is 14.5. The lowest BCUT2D eigenvalue weighted by atomic mass is 9.92. The molecule has 2 N–H and O–H groups in total. The third-order valence-corrected chi connectivity index (χ3v) is 4.63. The summed E-state index contributed by atoms with van der Waals surface area (Å²) in [6.45, 7) is 3.71. The Bertz CT molecular complexity index is 448. The molecule has 1 aliphatic heterocycles. The van der Waals surface area contributed by atoms with Crippen LogP contribution in [0.5, 0.6) is 0 Å². The monoisotopic (exact) mass is 324 g/mol. The number of nitrogens with zero attached hydrogens (tertiary/aromatic N) is 1. The average Bonchev–Trinajstić information content (AvgIpc) is 2.41. The topological polar surface area (TPSA) is 46.3 Å². The molecule has 2 atom stereocenters. The van der Waals surface area contributed by atoms with Crippen molar-refractivity contribution < 1.29 is 4.79 Å². The molecule has 1 heterocycles. The van der Waals surface area contributed by atoms with E-state index in [4.69, 9.17) is 5.73 Å². The molecule has 2 rings (SSSR count). The first-order valence-electron chi connectivity index (χ1n) is 6.84. The molecular weight excluding hydrogens is 304 g/mol. The van der Waals surface area contributed by atoms with Gasteiger partial charge in [0, 0.05) is 23.6 Å². The van der Waals surface area contributed by atoms with Crippen molar-refractivity contribution in [2.75, 3.05) is 13.1 Å². The molecule has 0 radical (unpaired) electrons. The summed E-state index contributed by atoms with van der Waals surface area (Å²) in [6.07, 6.45) is 2.66. The van der Waals surface area contributed by atoms with E-state index in [-0.39, 0.29) is 11.9 Å². The van der Waals surface area contributed by atoms with Gasteiger partial charge in [-0.2, -0.15) is 0 Å². The molecule has 1 fully saturated rings. The lowest BCUT2D eigenvalue weighted by Crippen LogP contribution is -2.45. The molecule has 4 heteroatoms. The lowest BCUT2D eigenvalue weighted by molar-refractivity contribution is -0.132. The maximum Gasteiger partial charge on any atom is 0.227 e. The molecule has 1 aliphatic rings. The molecule has 0 saturated carbocycles. The summed E-state index contributed by atoms with van der Waals surface area (Å²) in [7, 11) is 0. The number of benzene rings is 1. The van der Waals surface area contributed by atoms with E-state index in [0.717, 1.165) is 36.0 Å². The van der Waals surface area contributed by atoms with Crippen LogP contribution in [0.1, 0.15) is 25.3 Å². The Morgan fingerprint density at radius 1 is 1.53 bits per heavy atom. The molecule has 3 nitrogen and oxygen atoms in total. The van der Waals surface area contributed by atoms with Gasteiger partial charge in [0.05, 0.1) is 6.42 Å². The first-order valence-corrected chi connectivity index (χ1v) is 7.64. The molecule has 0 aliphatic carbocycles. The van der Waals surface area contributed by atoms with Crippen molar-refractivity contribution in [1.29, 1.82) is 0 Å². The molecule has 104 valence electrons. The molecule has 1 aromatic rings. The molecule has 1 aromatic carbocycles. The number of hydrogen-bond acceptors (Lipinski definition) is 2. The molecule has 0 bridgehead atoms.